The summed E-state index contributed by atoms with van der Waals surface area (Å²) >= 11 is 8.23. The van der Waals surface area contributed by atoms with Gasteiger partial charge in [-0.25, -0.2) is 13.8 Å². The molecule has 1 aromatic carbocycles. The van der Waals surface area contributed by atoms with E-state index in [1.165, 1.54) is 12.1 Å². The zero-order valence-electron chi connectivity index (χ0n) is 10.9. The van der Waals surface area contributed by atoms with Crippen LogP contribution in [0.4, 0.5) is 8.78 Å². The molecule has 1 aromatic heterocycles. The highest BCUT2D eigenvalue weighted by Crippen LogP contribution is 2.46. The number of alkyl halides is 2. The van der Waals surface area contributed by atoms with Crippen LogP contribution in [0, 0.1) is 5.82 Å². The second kappa shape index (κ2) is 5.68. The summed E-state index contributed by atoms with van der Waals surface area (Å²) in [4.78, 5) is 4.27. The molecule has 0 radical (unpaired) electrons. The zero-order chi connectivity index (χ0) is 15.0. The SMILES string of the molecule is FCC1(CI)COc2c1cc(Cl)nc2-c1ccc(F)cc1. The third-order valence-electron chi connectivity index (χ3n) is 3.64. The summed E-state index contributed by atoms with van der Waals surface area (Å²) in [5.41, 5.74) is 1.27. The van der Waals surface area contributed by atoms with Crippen molar-refractivity contribution in [1.29, 1.82) is 0 Å². The standard InChI is InChI=1S/C15H11ClF2INO/c16-12-5-11-14(21-8-15(11,6-17)7-19)13(20-12)9-1-3-10(18)4-2-9/h1-5H,6-8H2. The van der Waals surface area contributed by atoms with Crippen LogP contribution in [0.15, 0.2) is 30.3 Å². The molecule has 1 unspecified atom stereocenters. The van der Waals surface area contributed by atoms with E-state index in [2.05, 4.69) is 27.6 Å². The van der Waals surface area contributed by atoms with Gasteiger partial charge in [0.15, 0.2) is 0 Å². The van der Waals surface area contributed by atoms with Gasteiger partial charge in [0.25, 0.3) is 0 Å². The van der Waals surface area contributed by atoms with Crippen LogP contribution in [0.3, 0.4) is 0 Å². The van der Waals surface area contributed by atoms with E-state index in [0.29, 0.717) is 21.4 Å². The van der Waals surface area contributed by atoms with Gasteiger partial charge >= 0.3 is 0 Å². The van der Waals surface area contributed by atoms with Crippen molar-refractivity contribution < 1.29 is 13.5 Å². The number of aromatic nitrogens is 1. The van der Waals surface area contributed by atoms with E-state index in [9.17, 15) is 8.78 Å². The number of benzene rings is 1. The first-order valence-electron chi connectivity index (χ1n) is 6.31. The van der Waals surface area contributed by atoms with Crippen LogP contribution in [0.25, 0.3) is 11.3 Å². The Morgan fingerprint density at radius 1 is 1.33 bits per heavy atom. The molecule has 0 aliphatic carbocycles. The van der Waals surface area contributed by atoms with Crippen molar-refractivity contribution in [3.05, 3.63) is 46.9 Å². The van der Waals surface area contributed by atoms with Gasteiger partial charge in [-0.3, -0.25) is 0 Å². The van der Waals surface area contributed by atoms with Gasteiger partial charge < -0.3 is 4.74 Å². The Balaban J connectivity index is 2.19. The molecule has 0 saturated heterocycles. The molecular formula is C15H11ClF2INO. The van der Waals surface area contributed by atoms with Crippen LogP contribution in [-0.2, 0) is 5.41 Å². The first kappa shape index (κ1) is 15.0. The normalized spacial score (nSPS) is 20.2. The quantitative estimate of drug-likeness (QED) is 0.411. The molecule has 2 aromatic rings. The van der Waals surface area contributed by atoms with E-state index in [1.807, 2.05) is 0 Å². The molecule has 0 amide bonds. The van der Waals surface area contributed by atoms with Gasteiger partial charge in [-0.15, -0.1) is 0 Å². The largest absolute Gasteiger partial charge is 0.490 e. The van der Waals surface area contributed by atoms with E-state index >= 15 is 0 Å². The van der Waals surface area contributed by atoms with Crippen LogP contribution >= 0.6 is 34.2 Å². The van der Waals surface area contributed by atoms with Crippen molar-refractivity contribution in [2.75, 3.05) is 17.7 Å². The Bertz CT molecular complexity index is 674. The first-order valence-corrected chi connectivity index (χ1v) is 8.22. The van der Waals surface area contributed by atoms with Crippen LogP contribution < -0.4 is 4.74 Å². The average molecular weight is 422 g/mol. The van der Waals surface area contributed by atoms with Gasteiger partial charge in [-0.05, 0) is 30.3 Å². The number of pyridine rings is 1. The monoisotopic (exact) mass is 421 g/mol. The summed E-state index contributed by atoms with van der Waals surface area (Å²) < 4.78 is 32.9. The number of hydrogen-bond acceptors (Lipinski definition) is 2. The topological polar surface area (TPSA) is 22.1 Å². The van der Waals surface area contributed by atoms with Crippen molar-refractivity contribution in [2.24, 2.45) is 0 Å². The average Bonchev–Trinajstić information content (AvgIpc) is 2.86. The van der Waals surface area contributed by atoms with Gasteiger partial charge in [-0.1, -0.05) is 34.2 Å². The summed E-state index contributed by atoms with van der Waals surface area (Å²) in [5.74, 6) is 0.212. The first-order chi connectivity index (χ1) is 10.1. The van der Waals surface area contributed by atoms with Gasteiger partial charge in [0.1, 0.15) is 35.7 Å². The van der Waals surface area contributed by atoms with Crippen molar-refractivity contribution in [2.45, 2.75) is 5.41 Å². The molecule has 3 rings (SSSR count). The predicted molar refractivity (Wildman–Crippen MR) is 86.7 cm³/mol. The molecule has 0 N–H and O–H groups in total. The fraction of sp³-hybridized carbons (Fsp3) is 0.267. The second-order valence-corrected chi connectivity index (χ2v) is 6.16. The van der Waals surface area contributed by atoms with Crippen LogP contribution in [-0.4, -0.2) is 22.7 Å². The maximum Gasteiger partial charge on any atom is 0.149 e. The summed E-state index contributed by atoms with van der Waals surface area (Å²) in [6.45, 7) is -0.260. The molecule has 110 valence electrons. The molecule has 1 aliphatic rings. The minimum absolute atomic E-state index is 0.262. The summed E-state index contributed by atoms with van der Waals surface area (Å²) in [6.07, 6.45) is 0. The lowest BCUT2D eigenvalue weighted by molar-refractivity contribution is 0.243. The van der Waals surface area contributed by atoms with Crippen molar-refractivity contribution in [3.8, 4) is 17.0 Å². The molecule has 1 aliphatic heterocycles. The highest BCUT2D eigenvalue weighted by molar-refractivity contribution is 14.1. The van der Waals surface area contributed by atoms with E-state index in [-0.39, 0.29) is 17.6 Å². The van der Waals surface area contributed by atoms with Gasteiger partial charge in [0, 0.05) is 15.6 Å². The molecule has 21 heavy (non-hydrogen) atoms. The lowest BCUT2D eigenvalue weighted by Crippen LogP contribution is -2.32. The van der Waals surface area contributed by atoms with Crippen LogP contribution in [0.2, 0.25) is 5.15 Å². The van der Waals surface area contributed by atoms with E-state index in [4.69, 9.17) is 16.3 Å². The lowest BCUT2D eigenvalue weighted by Gasteiger charge is -2.21. The van der Waals surface area contributed by atoms with Crippen molar-refractivity contribution in [1.82, 2.24) is 4.98 Å². The molecule has 2 nitrogen and oxygen atoms in total. The van der Waals surface area contributed by atoms with Crippen molar-refractivity contribution >= 4 is 34.2 Å². The molecule has 0 fully saturated rings. The van der Waals surface area contributed by atoms with Gasteiger partial charge in [0.05, 0.1) is 5.41 Å². The van der Waals surface area contributed by atoms with Crippen LogP contribution in [0.5, 0.6) is 5.75 Å². The highest BCUT2D eigenvalue weighted by Gasteiger charge is 2.42. The smallest absolute Gasteiger partial charge is 0.149 e. The van der Waals surface area contributed by atoms with E-state index in [0.717, 1.165) is 5.56 Å². The number of rotatable bonds is 3. The summed E-state index contributed by atoms with van der Waals surface area (Å²) in [5, 5.41) is 0.279. The van der Waals surface area contributed by atoms with Crippen LogP contribution in [0.1, 0.15) is 5.56 Å². The number of halogens is 4. The number of nitrogens with zero attached hydrogens (tertiary/aromatic N) is 1. The predicted octanol–water partition coefficient (Wildman–Crippen LogP) is 4.58. The molecule has 1 atom stereocenters. The zero-order valence-corrected chi connectivity index (χ0v) is 13.8. The second-order valence-electron chi connectivity index (χ2n) is 5.01. The van der Waals surface area contributed by atoms with E-state index in [1.54, 1.807) is 18.2 Å². The third kappa shape index (κ3) is 2.50. The number of ether oxygens (including phenoxy) is 1. The molecule has 0 spiro atoms. The fourth-order valence-electron chi connectivity index (χ4n) is 2.39. The number of fused-ring (bicyclic) bond motifs is 1. The fourth-order valence-corrected chi connectivity index (χ4v) is 3.42. The van der Waals surface area contributed by atoms with E-state index < -0.39 is 12.1 Å². The van der Waals surface area contributed by atoms with Gasteiger partial charge in [0.2, 0.25) is 0 Å². The summed E-state index contributed by atoms with van der Waals surface area (Å²) in [7, 11) is 0. The molecule has 2 heterocycles. The minimum atomic E-state index is -0.683. The lowest BCUT2D eigenvalue weighted by atomic mass is 9.86. The molecule has 6 heteroatoms. The highest BCUT2D eigenvalue weighted by atomic mass is 127. The molecule has 0 saturated carbocycles. The Kier molecular flexibility index (Phi) is 4.05. The van der Waals surface area contributed by atoms with Crippen molar-refractivity contribution in [3.63, 3.8) is 0 Å². The Morgan fingerprint density at radius 3 is 2.67 bits per heavy atom. The molecular weight excluding hydrogens is 411 g/mol. The summed E-state index contributed by atoms with van der Waals surface area (Å²) in [6, 6.07) is 7.57. The third-order valence-corrected chi connectivity index (χ3v) is 5.29. The maximum atomic E-state index is 13.6. The maximum absolute atomic E-state index is 13.6. The number of hydrogen-bond donors (Lipinski definition) is 0. The van der Waals surface area contributed by atoms with Gasteiger partial charge in [-0.2, -0.15) is 0 Å². The Morgan fingerprint density at radius 2 is 2.05 bits per heavy atom. The Labute approximate surface area is 139 Å². The Hall–Kier alpha value is -0.950. The molecule has 0 bridgehead atoms. The minimum Gasteiger partial charge on any atom is -0.490 e.